The number of allylic oxidation sites excluding steroid dienone is 2. The topological polar surface area (TPSA) is 20.2 Å². The van der Waals surface area contributed by atoms with Crippen molar-refractivity contribution in [3.63, 3.8) is 0 Å². The zero-order chi connectivity index (χ0) is 5.61. The van der Waals surface area contributed by atoms with Gasteiger partial charge >= 0.3 is 0 Å². The summed E-state index contributed by atoms with van der Waals surface area (Å²) >= 11 is 1.58. The minimum Gasteiger partial charge on any atom is -0.374 e. The second-order valence-corrected chi connectivity index (χ2v) is 3.43. The molecule has 47 valence electrons. The van der Waals surface area contributed by atoms with E-state index >= 15 is 0 Å². The van der Waals surface area contributed by atoms with Crippen molar-refractivity contribution in [2.75, 3.05) is 0 Å². The van der Waals surface area contributed by atoms with Crippen molar-refractivity contribution in [1.82, 2.24) is 0 Å². The second kappa shape index (κ2) is 2.33. The Bertz CT molecular complexity index is 178. The van der Waals surface area contributed by atoms with Gasteiger partial charge in [-0.05, 0) is 6.08 Å². The van der Waals surface area contributed by atoms with Gasteiger partial charge in [-0.2, -0.15) is 0 Å². The van der Waals surface area contributed by atoms with Crippen LogP contribution in [-0.2, 0) is 0 Å². The van der Waals surface area contributed by atoms with Crippen LogP contribution in [-0.4, -0.2) is 39.7 Å². The fourth-order valence-electron chi connectivity index (χ4n) is 0.839. The summed E-state index contributed by atoms with van der Waals surface area (Å²) in [6.45, 7) is 0. The van der Waals surface area contributed by atoms with E-state index in [9.17, 15) is 5.11 Å². The van der Waals surface area contributed by atoms with Crippen LogP contribution in [0.15, 0.2) is 24.3 Å². The second-order valence-electron chi connectivity index (χ2n) is 2.03. The van der Waals surface area contributed by atoms with E-state index < -0.39 is 4.93 Å². The summed E-state index contributed by atoms with van der Waals surface area (Å²) in [6.07, 6.45) is 7.71. The first kappa shape index (κ1) is 7.71. The minimum atomic E-state index is -0.505. The first-order valence-corrected chi connectivity index (χ1v) is 3.45. The van der Waals surface area contributed by atoms with Gasteiger partial charge in [-0.25, -0.2) is 0 Å². The van der Waals surface area contributed by atoms with Crippen LogP contribution in [0.25, 0.3) is 0 Å². The third kappa shape index (κ3) is 1.21. The molecule has 1 aliphatic heterocycles. The normalized spacial score (nSPS) is 43.4. The van der Waals surface area contributed by atoms with E-state index in [-0.39, 0.29) is 24.4 Å². The number of fused-ring (bicyclic) bond motifs is 1. The van der Waals surface area contributed by atoms with Gasteiger partial charge in [0, 0.05) is 24.4 Å². The molecule has 9 heavy (non-hydrogen) atoms. The quantitative estimate of drug-likeness (QED) is 0.498. The van der Waals surface area contributed by atoms with Gasteiger partial charge in [0.15, 0.2) is 0 Å². The molecule has 0 saturated carbocycles. The molecule has 3 radical (unpaired) electrons. The van der Waals surface area contributed by atoms with Crippen molar-refractivity contribution >= 4 is 36.2 Å². The number of rotatable bonds is 0. The molecule has 1 fully saturated rings. The van der Waals surface area contributed by atoms with Gasteiger partial charge in [0.05, 0.1) is 5.25 Å². The Labute approximate surface area is 75.7 Å². The van der Waals surface area contributed by atoms with E-state index in [0.29, 0.717) is 5.25 Å². The molecule has 0 aromatic rings. The minimum absolute atomic E-state index is 0. The first-order valence-electron chi connectivity index (χ1n) is 2.57. The summed E-state index contributed by atoms with van der Waals surface area (Å²) in [5.41, 5.74) is 0. The van der Waals surface area contributed by atoms with E-state index in [0.717, 1.165) is 0 Å². The molecule has 0 aromatic carbocycles. The SMILES string of the molecule is OC12C=CC=CC1S2.[Sb]. The Morgan fingerprint density at radius 1 is 1.44 bits per heavy atom. The van der Waals surface area contributed by atoms with Crippen molar-refractivity contribution in [3.8, 4) is 0 Å². The Kier molecular flexibility index (Phi) is 2.00. The van der Waals surface area contributed by atoms with Crippen LogP contribution >= 0.6 is 11.8 Å². The molecule has 1 nitrogen and oxygen atoms in total. The Balaban J connectivity index is 0.000000405. The Morgan fingerprint density at radius 2 is 2.22 bits per heavy atom. The molecule has 0 aromatic heterocycles. The molecule has 1 N–H and O–H groups in total. The van der Waals surface area contributed by atoms with Crippen molar-refractivity contribution < 1.29 is 5.11 Å². The molecule has 0 amide bonds. The number of thioether (sulfide) groups is 1. The van der Waals surface area contributed by atoms with E-state index in [1.807, 2.05) is 24.3 Å². The summed E-state index contributed by atoms with van der Waals surface area (Å²) in [6, 6.07) is 0. The van der Waals surface area contributed by atoms with Crippen LogP contribution in [0.4, 0.5) is 0 Å². The Morgan fingerprint density at radius 3 is 2.67 bits per heavy atom. The molecule has 2 unspecified atom stereocenters. The van der Waals surface area contributed by atoms with Gasteiger partial charge in [-0.1, -0.05) is 18.2 Å². The molecule has 0 bridgehead atoms. The van der Waals surface area contributed by atoms with Crippen molar-refractivity contribution in [3.05, 3.63) is 24.3 Å². The third-order valence-corrected chi connectivity index (χ3v) is 2.68. The number of hydrogen-bond donors (Lipinski definition) is 1. The van der Waals surface area contributed by atoms with Gasteiger partial charge in [-0.3, -0.25) is 0 Å². The molecule has 2 aliphatic rings. The summed E-state index contributed by atoms with van der Waals surface area (Å²) in [7, 11) is 0. The fraction of sp³-hybridized carbons (Fsp3) is 0.333. The monoisotopic (exact) mass is 247 g/mol. The van der Waals surface area contributed by atoms with Crippen LogP contribution in [0.1, 0.15) is 0 Å². The van der Waals surface area contributed by atoms with E-state index in [2.05, 4.69) is 0 Å². The zero-order valence-corrected chi connectivity index (χ0v) is 8.06. The fourth-order valence-corrected chi connectivity index (χ4v) is 1.66. The molecule has 1 saturated heterocycles. The van der Waals surface area contributed by atoms with Crippen molar-refractivity contribution in [1.29, 1.82) is 0 Å². The largest absolute Gasteiger partial charge is 0.374 e. The summed E-state index contributed by atoms with van der Waals surface area (Å²) in [4.78, 5) is -0.505. The molecule has 0 spiro atoms. The van der Waals surface area contributed by atoms with Gasteiger partial charge in [-0.15, -0.1) is 11.8 Å². The third-order valence-electron chi connectivity index (χ3n) is 1.40. The van der Waals surface area contributed by atoms with Gasteiger partial charge in [0.2, 0.25) is 0 Å². The standard InChI is InChI=1S/C6H6OS.Sb/c7-6-4-2-1-3-5(6)8-6;/h1-5,7H;. The summed E-state index contributed by atoms with van der Waals surface area (Å²) < 4.78 is 0. The van der Waals surface area contributed by atoms with E-state index in [1.165, 1.54) is 0 Å². The van der Waals surface area contributed by atoms with Crippen LogP contribution in [0.5, 0.6) is 0 Å². The van der Waals surface area contributed by atoms with E-state index in [1.54, 1.807) is 11.8 Å². The first-order chi connectivity index (χ1) is 3.81. The predicted molar refractivity (Wildman–Crippen MR) is 40.4 cm³/mol. The summed E-state index contributed by atoms with van der Waals surface area (Å²) in [5.74, 6) is 0. The average Bonchev–Trinajstić information content (AvgIpc) is 2.39. The molecule has 2 atom stereocenters. The predicted octanol–water partition coefficient (Wildman–Crippen LogP) is 0.536. The molecule has 1 heterocycles. The van der Waals surface area contributed by atoms with Gasteiger partial charge in [0.25, 0.3) is 0 Å². The molecular weight excluding hydrogens is 242 g/mol. The maximum atomic E-state index is 9.27. The average molecular weight is 248 g/mol. The van der Waals surface area contributed by atoms with Crippen LogP contribution < -0.4 is 0 Å². The summed E-state index contributed by atoms with van der Waals surface area (Å²) in [5, 5.41) is 9.63. The zero-order valence-electron chi connectivity index (χ0n) is 4.69. The van der Waals surface area contributed by atoms with Crippen LogP contribution in [0.2, 0.25) is 0 Å². The Hall–Kier alpha value is 0.608. The van der Waals surface area contributed by atoms with Gasteiger partial charge < -0.3 is 5.11 Å². The van der Waals surface area contributed by atoms with Crippen molar-refractivity contribution in [2.45, 2.75) is 10.2 Å². The van der Waals surface area contributed by atoms with Crippen LogP contribution in [0.3, 0.4) is 0 Å². The van der Waals surface area contributed by atoms with E-state index in [4.69, 9.17) is 0 Å². The molecule has 1 aliphatic carbocycles. The smallest absolute Gasteiger partial charge is 0.145 e. The molecule has 2 rings (SSSR count). The molecular formula is C6H6OSSb. The van der Waals surface area contributed by atoms with Crippen molar-refractivity contribution in [2.24, 2.45) is 0 Å². The molecule has 3 heteroatoms. The maximum absolute atomic E-state index is 9.27. The van der Waals surface area contributed by atoms with Crippen LogP contribution in [0, 0.1) is 0 Å². The number of aliphatic hydroxyl groups is 1. The number of hydrogen-bond acceptors (Lipinski definition) is 2. The van der Waals surface area contributed by atoms with Gasteiger partial charge in [0.1, 0.15) is 4.93 Å². The maximum Gasteiger partial charge on any atom is 0.145 e.